The molecule has 12 heteroatoms. The number of carboxylic acid groups (broad SMARTS) is 1. The summed E-state index contributed by atoms with van der Waals surface area (Å²) in [5, 5.41) is 25.7. The van der Waals surface area contributed by atoms with E-state index in [4.69, 9.17) is 10.5 Å². The van der Waals surface area contributed by atoms with Crippen LogP contribution in [0.5, 0.6) is 5.75 Å². The van der Waals surface area contributed by atoms with Crippen LogP contribution < -0.4 is 21.7 Å². The van der Waals surface area contributed by atoms with Crippen molar-refractivity contribution in [2.75, 3.05) is 0 Å². The number of cyclic esters (lactones) is 1. The molecule has 184 valence electrons. The summed E-state index contributed by atoms with van der Waals surface area (Å²) in [5.74, 6) is -4.17. The Balaban J connectivity index is 1.74. The van der Waals surface area contributed by atoms with Gasteiger partial charge in [-0.3, -0.25) is 24.5 Å². The van der Waals surface area contributed by atoms with Crippen molar-refractivity contribution < 1.29 is 38.9 Å². The molecule has 12 nitrogen and oxygen atoms in total. The van der Waals surface area contributed by atoms with Crippen molar-refractivity contribution in [2.45, 2.75) is 37.1 Å². The van der Waals surface area contributed by atoms with Crippen molar-refractivity contribution in [1.29, 1.82) is 0 Å². The molecule has 0 aromatic heterocycles. The van der Waals surface area contributed by atoms with Crippen LogP contribution >= 0.6 is 0 Å². The van der Waals surface area contributed by atoms with Gasteiger partial charge in [0.1, 0.15) is 17.8 Å². The van der Waals surface area contributed by atoms with Gasteiger partial charge in [0.25, 0.3) is 11.6 Å². The Hall–Kier alpha value is -4.61. The minimum absolute atomic E-state index is 0.0106. The molecule has 0 spiro atoms. The lowest BCUT2D eigenvalue weighted by Crippen LogP contribution is -2.72. The van der Waals surface area contributed by atoms with E-state index in [0.29, 0.717) is 11.1 Å². The number of hydrogen-bond acceptors (Lipinski definition) is 7. The molecule has 0 bridgehead atoms. The van der Waals surface area contributed by atoms with Crippen LogP contribution in [0, 0.1) is 0 Å². The Labute approximate surface area is 199 Å². The minimum Gasteiger partial charge on any atom is -0.508 e. The molecule has 2 aromatic carbocycles. The van der Waals surface area contributed by atoms with Gasteiger partial charge < -0.3 is 31.3 Å². The first-order chi connectivity index (χ1) is 16.6. The molecule has 4 amide bonds. The molecule has 0 radical (unpaired) electrons. The summed E-state index contributed by atoms with van der Waals surface area (Å²) in [5.41, 5.74) is 4.72. The van der Waals surface area contributed by atoms with Gasteiger partial charge in [-0.05, 0) is 23.3 Å². The Morgan fingerprint density at radius 3 is 2.14 bits per heavy atom. The fourth-order valence-electron chi connectivity index (χ4n) is 3.50. The van der Waals surface area contributed by atoms with Crippen molar-refractivity contribution in [2.24, 2.45) is 5.73 Å². The number of phenolic OH excluding ortho intramolecular Hbond substituents is 1. The van der Waals surface area contributed by atoms with Crippen LogP contribution in [-0.4, -0.2) is 57.8 Å². The third-order valence-corrected chi connectivity index (χ3v) is 5.27. The quantitative estimate of drug-likeness (QED) is 0.246. The number of carbonyl (C=O) groups excluding carboxylic acids is 4. The van der Waals surface area contributed by atoms with Gasteiger partial charge in [-0.2, -0.15) is 0 Å². The lowest BCUT2D eigenvalue weighted by molar-refractivity contribution is -0.157. The molecule has 0 saturated carbocycles. The van der Waals surface area contributed by atoms with E-state index >= 15 is 0 Å². The fourth-order valence-corrected chi connectivity index (χ4v) is 3.50. The van der Waals surface area contributed by atoms with Gasteiger partial charge in [0, 0.05) is 12.8 Å². The van der Waals surface area contributed by atoms with Crippen LogP contribution in [0.2, 0.25) is 0 Å². The molecule has 1 heterocycles. The van der Waals surface area contributed by atoms with Crippen molar-refractivity contribution in [3.05, 3.63) is 65.7 Å². The summed E-state index contributed by atoms with van der Waals surface area (Å²) in [6.45, 7) is 0. The Morgan fingerprint density at radius 2 is 1.60 bits per heavy atom. The van der Waals surface area contributed by atoms with Gasteiger partial charge in [-0.25, -0.2) is 4.79 Å². The number of aromatic hydroxyl groups is 1. The number of rotatable bonds is 11. The second-order valence-corrected chi connectivity index (χ2v) is 7.96. The molecule has 0 unspecified atom stereocenters. The number of primary amides is 1. The molecule has 3 rings (SSSR count). The SMILES string of the molecule is NC(=O)[C@H](Cc1ccccc1)NC(=O)[C@H](CC(=O)O)NC(=O)[C@]1(Cc2ccc(O)cc2)NC(=O)O1. The molecule has 3 atom stereocenters. The predicted octanol–water partition coefficient (Wildman–Crippen LogP) is -0.457. The highest BCUT2D eigenvalue weighted by Gasteiger charge is 2.53. The zero-order valence-corrected chi connectivity index (χ0v) is 18.4. The highest BCUT2D eigenvalue weighted by Crippen LogP contribution is 2.24. The number of amides is 4. The van der Waals surface area contributed by atoms with Gasteiger partial charge >= 0.3 is 12.1 Å². The highest BCUT2D eigenvalue weighted by molar-refractivity contribution is 5.99. The number of nitrogens with one attached hydrogen (secondary N) is 3. The normalized spacial score (nSPS) is 18.1. The van der Waals surface area contributed by atoms with Crippen LogP contribution in [0.15, 0.2) is 54.6 Å². The Bertz CT molecular complexity index is 1110. The maximum absolute atomic E-state index is 13.0. The molecule has 35 heavy (non-hydrogen) atoms. The molecule has 0 aliphatic carbocycles. The van der Waals surface area contributed by atoms with Crippen LogP contribution in [0.25, 0.3) is 0 Å². The van der Waals surface area contributed by atoms with Crippen molar-refractivity contribution in [1.82, 2.24) is 16.0 Å². The largest absolute Gasteiger partial charge is 0.508 e. The number of nitrogens with two attached hydrogens (primary N) is 1. The van der Waals surface area contributed by atoms with E-state index in [9.17, 15) is 34.2 Å². The first-order valence-electron chi connectivity index (χ1n) is 10.5. The van der Waals surface area contributed by atoms with Crippen LogP contribution in [0.1, 0.15) is 17.5 Å². The summed E-state index contributed by atoms with van der Waals surface area (Å²) in [6, 6.07) is 11.7. The smallest absolute Gasteiger partial charge is 0.413 e. The summed E-state index contributed by atoms with van der Waals surface area (Å²) in [6.07, 6.45) is -1.80. The van der Waals surface area contributed by atoms with Crippen LogP contribution in [0.3, 0.4) is 0 Å². The summed E-state index contributed by atoms with van der Waals surface area (Å²) in [7, 11) is 0. The average Bonchev–Trinajstić information content (AvgIpc) is 2.78. The molecule has 7 N–H and O–H groups in total. The van der Waals surface area contributed by atoms with Crippen molar-refractivity contribution >= 4 is 29.8 Å². The number of carbonyl (C=O) groups is 5. The van der Waals surface area contributed by atoms with Crippen molar-refractivity contribution in [3.63, 3.8) is 0 Å². The van der Waals surface area contributed by atoms with Gasteiger partial charge in [0.05, 0.1) is 6.42 Å². The van der Waals surface area contributed by atoms with E-state index in [1.165, 1.54) is 24.3 Å². The second kappa shape index (κ2) is 10.5. The fraction of sp³-hybridized carbons (Fsp3) is 0.261. The lowest BCUT2D eigenvalue weighted by atomic mass is 9.98. The molecule has 1 aliphatic rings. The molecular weight excluding hydrogens is 460 g/mol. The average molecular weight is 484 g/mol. The van der Waals surface area contributed by atoms with E-state index in [1.807, 2.05) is 0 Å². The van der Waals surface area contributed by atoms with Crippen LogP contribution in [0.4, 0.5) is 4.79 Å². The Kier molecular flexibility index (Phi) is 7.54. The van der Waals surface area contributed by atoms with Gasteiger partial charge in [-0.15, -0.1) is 0 Å². The summed E-state index contributed by atoms with van der Waals surface area (Å²) < 4.78 is 5.03. The zero-order valence-electron chi connectivity index (χ0n) is 18.4. The van der Waals surface area contributed by atoms with E-state index in [0.717, 1.165) is 0 Å². The number of phenols is 1. The molecule has 1 saturated heterocycles. The maximum atomic E-state index is 13.0. The number of carboxylic acids is 1. The maximum Gasteiger partial charge on any atom is 0.413 e. The summed E-state index contributed by atoms with van der Waals surface area (Å²) >= 11 is 0. The number of ether oxygens (including phenoxy) is 1. The van der Waals surface area contributed by atoms with Crippen LogP contribution in [-0.2, 0) is 36.8 Å². The first kappa shape index (κ1) is 25.0. The number of aliphatic carboxylic acids is 1. The lowest BCUT2D eigenvalue weighted by Gasteiger charge is -2.40. The molecule has 1 fully saturated rings. The highest BCUT2D eigenvalue weighted by atomic mass is 16.6. The third-order valence-electron chi connectivity index (χ3n) is 5.27. The molecule has 2 aromatic rings. The third kappa shape index (κ3) is 6.47. The minimum atomic E-state index is -1.89. The van der Waals surface area contributed by atoms with E-state index in [2.05, 4.69) is 16.0 Å². The van der Waals surface area contributed by atoms with E-state index in [1.54, 1.807) is 30.3 Å². The van der Waals surface area contributed by atoms with Gasteiger partial charge in [0.15, 0.2) is 0 Å². The predicted molar refractivity (Wildman–Crippen MR) is 120 cm³/mol. The number of hydrogen-bond donors (Lipinski definition) is 6. The zero-order chi connectivity index (χ0) is 25.6. The van der Waals surface area contributed by atoms with E-state index in [-0.39, 0.29) is 18.6 Å². The van der Waals surface area contributed by atoms with E-state index < -0.39 is 54.0 Å². The standard InChI is InChI=1S/C23H24N4O8/c24-19(31)16(10-13-4-2-1-3-5-13)25-20(32)17(11-18(29)30)26-21(33)23(27-22(34)35-23)12-14-6-8-15(28)9-7-14/h1-9,16-17,28H,10-12H2,(H2,24,31)(H,25,32)(H,26,33)(H,27,34)(H,29,30)/t16-,17-,23+/m0/s1. The number of benzene rings is 2. The Morgan fingerprint density at radius 1 is 0.971 bits per heavy atom. The van der Waals surface area contributed by atoms with Gasteiger partial charge in [0.2, 0.25) is 11.8 Å². The monoisotopic (exact) mass is 484 g/mol. The van der Waals surface area contributed by atoms with Crippen molar-refractivity contribution in [3.8, 4) is 5.75 Å². The van der Waals surface area contributed by atoms with Gasteiger partial charge in [-0.1, -0.05) is 42.5 Å². The molecule has 1 aliphatic heterocycles. The topological polar surface area (TPSA) is 197 Å². The first-order valence-corrected chi connectivity index (χ1v) is 10.5. The molecular formula is C23H24N4O8. The second-order valence-electron chi connectivity index (χ2n) is 7.96. The summed E-state index contributed by atoms with van der Waals surface area (Å²) in [4.78, 5) is 60.6.